The minimum atomic E-state index is 0.704. The second-order valence-electron chi connectivity index (χ2n) is 4.49. The molecule has 0 aliphatic carbocycles. The predicted octanol–water partition coefficient (Wildman–Crippen LogP) is 4.90. The first kappa shape index (κ1) is 15.4. The molecule has 20 heavy (non-hydrogen) atoms. The normalized spacial score (nSPS) is 10.6. The van der Waals surface area contributed by atoms with Crippen LogP contribution in [0.15, 0.2) is 46.9 Å². The minimum absolute atomic E-state index is 0.704. The highest BCUT2D eigenvalue weighted by Gasteiger charge is 2.04. The van der Waals surface area contributed by atoms with E-state index < -0.39 is 0 Å². The lowest BCUT2D eigenvalue weighted by Crippen LogP contribution is -2.04. The monoisotopic (exact) mass is 353 g/mol. The molecule has 1 N–H and O–H groups in total. The molecule has 2 aromatic carbocycles. The zero-order chi connectivity index (χ0) is 14.4. The summed E-state index contributed by atoms with van der Waals surface area (Å²) in [5.74, 6) is 0. The van der Waals surface area contributed by atoms with Crippen molar-refractivity contribution >= 4 is 33.2 Å². The van der Waals surface area contributed by atoms with Crippen molar-refractivity contribution in [2.75, 3.05) is 19.0 Å². The van der Waals surface area contributed by atoms with E-state index in [0.717, 1.165) is 33.8 Å². The number of para-hydroxylation sites is 1. The van der Waals surface area contributed by atoms with Crippen LogP contribution >= 0.6 is 27.5 Å². The summed E-state index contributed by atoms with van der Waals surface area (Å²) in [5.41, 5.74) is 3.46. The molecule has 0 fully saturated rings. The number of hydrogen-bond donors (Lipinski definition) is 1. The van der Waals surface area contributed by atoms with Gasteiger partial charge in [0.25, 0.3) is 0 Å². The van der Waals surface area contributed by atoms with Gasteiger partial charge < -0.3 is 10.1 Å². The Morgan fingerprint density at radius 2 is 1.95 bits per heavy atom. The molecule has 0 atom stereocenters. The standard InChI is InChI=1S/C16H17BrClNO/c1-20-9-8-12-4-2-3-5-16(12)19-11-13-6-7-14(17)10-15(13)18/h2-7,10,19H,8-9,11H2,1H3. The molecule has 0 radical (unpaired) electrons. The molecule has 2 nitrogen and oxygen atoms in total. The van der Waals surface area contributed by atoms with Crippen LogP contribution < -0.4 is 5.32 Å². The average Bonchev–Trinajstić information content (AvgIpc) is 2.45. The van der Waals surface area contributed by atoms with E-state index in [9.17, 15) is 0 Å². The van der Waals surface area contributed by atoms with Crippen molar-refractivity contribution in [1.29, 1.82) is 0 Å². The summed E-state index contributed by atoms with van der Waals surface area (Å²) in [5, 5.41) is 4.21. The van der Waals surface area contributed by atoms with E-state index in [1.165, 1.54) is 5.56 Å². The molecule has 0 aliphatic rings. The van der Waals surface area contributed by atoms with Crippen LogP contribution in [0.5, 0.6) is 0 Å². The summed E-state index contributed by atoms with van der Waals surface area (Å²) in [7, 11) is 1.72. The summed E-state index contributed by atoms with van der Waals surface area (Å²) in [6, 6.07) is 14.2. The van der Waals surface area contributed by atoms with Gasteiger partial charge in [-0.15, -0.1) is 0 Å². The van der Waals surface area contributed by atoms with Gasteiger partial charge in [0, 0.05) is 28.8 Å². The number of hydrogen-bond acceptors (Lipinski definition) is 2. The molecule has 2 aromatic rings. The van der Waals surface area contributed by atoms with Gasteiger partial charge in [-0.3, -0.25) is 0 Å². The van der Waals surface area contributed by atoms with Crippen molar-refractivity contribution in [3.63, 3.8) is 0 Å². The van der Waals surface area contributed by atoms with Crippen LogP contribution in [0.4, 0.5) is 5.69 Å². The van der Waals surface area contributed by atoms with Gasteiger partial charge in [-0.25, -0.2) is 0 Å². The third kappa shape index (κ3) is 4.23. The molecule has 0 unspecified atom stereocenters. The Labute approximate surface area is 133 Å². The average molecular weight is 355 g/mol. The first-order chi connectivity index (χ1) is 9.70. The molecule has 0 aromatic heterocycles. The number of benzene rings is 2. The smallest absolute Gasteiger partial charge is 0.0503 e. The number of rotatable bonds is 6. The van der Waals surface area contributed by atoms with E-state index in [2.05, 4.69) is 33.4 Å². The van der Waals surface area contributed by atoms with Gasteiger partial charge in [-0.2, -0.15) is 0 Å². The molecule has 2 rings (SSSR count). The quantitative estimate of drug-likeness (QED) is 0.796. The van der Waals surface area contributed by atoms with E-state index in [1.54, 1.807) is 7.11 Å². The zero-order valence-electron chi connectivity index (χ0n) is 11.3. The lowest BCUT2D eigenvalue weighted by atomic mass is 10.1. The Kier molecular flexibility index (Phi) is 5.89. The highest BCUT2D eigenvalue weighted by atomic mass is 79.9. The number of methoxy groups -OCH3 is 1. The lowest BCUT2D eigenvalue weighted by molar-refractivity contribution is 0.202. The summed E-state index contributed by atoms with van der Waals surface area (Å²) >= 11 is 9.64. The molecular formula is C16H17BrClNO. The van der Waals surface area contributed by atoms with Crippen LogP contribution in [0.25, 0.3) is 0 Å². The largest absolute Gasteiger partial charge is 0.384 e. The fourth-order valence-electron chi connectivity index (χ4n) is 1.98. The Morgan fingerprint density at radius 1 is 1.15 bits per heavy atom. The Balaban J connectivity index is 2.06. The van der Waals surface area contributed by atoms with E-state index in [4.69, 9.17) is 16.3 Å². The Morgan fingerprint density at radius 3 is 2.70 bits per heavy atom. The van der Waals surface area contributed by atoms with E-state index >= 15 is 0 Å². The van der Waals surface area contributed by atoms with Gasteiger partial charge in [0.05, 0.1) is 6.61 Å². The maximum absolute atomic E-state index is 6.23. The molecule has 0 heterocycles. The highest BCUT2D eigenvalue weighted by molar-refractivity contribution is 9.10. The van der Waals surface area contributed by atoms with Crippen molar-refractivity contribution in [2.24, 2.45) is 0 Å². The summed E-state index contributed by atoms with van der Waals surface area (Å²) in [4.78, 5) is 0. The topological polar surface area (TPSA) is 21.3 Å². The number of halogens is 2. The highest BCUT2D eigenvalue weighted by Crippen LogP contribution is 2.23. The minimum Gasteiger partial charge on any atom is -0.384 e. The number of ether oxygens (including phenoxy) is 1. The Bertz CT molecular complexity index is 574. The van der Waals surface area contributed by atoms with Crippen LogP contribution in [0, 0.1) is 0 Å². The molecule has 0 saturated heterocycles. The van der Waals surface area contributed by atoms with Gasteiger partial charge >= 0.3 is 0 Å². The van der Waals surface area contributed by atoms with Crippen molar-refractivity contribution < 1.29 is 4.74 Å². The van der Waals surface area contributed by atoms with Gasteiger partial charge in [0.15, 0.2) is 0 Å². The van der Waals surface area contributed by atoms with Crippen LogP contribution in [0.3, 0.4) is 0 Å². The first-order valence-corrected chi connectivity index (χ1v) is 7.62. The van der Waals surface area contributed by atoms with Crippen molar-refractivity contribution in [3.05, 3.63) is 63.1 Å². The van der Waals surface area contributed by atoms with Crippen LogP contribution in [-0.2, 0) is 17.7 Å². The summed E-state index contributed by atoms with van der Waals surface area (Å²) < 4.78 is 6.13. The SMILES string of the molecule is COCCc1ccccc1NCc1ccc(Br)cc1Cl. The van der Waals surface area contributed by atoms with E-state index in [1.807, 2.05) is 30.3 Å². The van der Waals surface area contributed by atoms with Crippen LogP contribution in [0.2, 0.25) is 5.02 Å². The first-order valence-electron chi connectivity index (χ1n) is 6.45. The maximum atomic E-state index is 6.23. The lowest BCUT2D eigenvalue weighted by Gasteiger charge is -2.13. The second-order valence-corrected chi connectivity index (χ2v) is 5.81. The fraction of sp³-hybridized carbons (Fsp3) is 0.250. The number of anilines is 1. The summed E-state index contributed by atoms with van der Waals surface area (Å²) in [6.07, 6.45) is 0.897. The van der Waals surface area contributed by atoms with Crippen molar-refractivity contribution in [2.45, 2.75) is 13.0 Å². The van der Waals surface area contributed by atoms with E-state index in [-0.39, 0.29) is 0 Å². The second kappa shape index (κ2) is 7.67. The molecule has 0 bridgehead atoms. The van der Waals surface area contributed by atoms with Gasteiger partial charge in [0.1, 0.15) is 0 Å². The molecule has 0 aliphatic heterocycles. The maximum Gasteiger partial charge on any atom is 0.0503 e. The van der Waals surface area contributed by atoms with Crippen molar-refractivity contribution in [1.82, 2.24) is 0 Å². The molecule has 106 valence electrons. The van der Waals surface area contributed by atoms with E-state index in [0.29, 0.717) is 6.54 Å². The van der Waals surface area contributed by atoms with Gasteiger partial charge in [0.2, 0.25) is 0 Å². The summed E-state index contributed by atoms with van der Waals surface area (Å²) in [6.45, 7) is 1.42. The molecule has 0 amide bonds. The van der Waals surface area contributed by atoms with Crippen LogP contribution in [-0.4, -0.2) is 13.7 Å². The van der Waals surface area contributed by atoms with Gasteiger partial charge in [-0.05, 0) is 35.7 Å². The fourth-order valence-corrected chi connectivity index (χ4v) is 2.72. The Hall–Kier alpha value is -1.03. The third-order valence-corrected chi connectivity index (χ3v) is 3.92. The van der Waals surface area contributed by atoms with Crippen molar-refractivity contribution in [3.8, 4) is 0 Å². The molecule has 0 spiro atoms. The zero-order valence-corrected chi connectivity index (χ0v) is 13.7. The van der Waals surface area contributed by atoms with Crippen LogP contribution in [0.1, 0.15) is 11.1 Å². The molecular weight excluding hydrogens is 338 g/mol. The number of nitrogens with one attached hydrogen (secondary N) is 1. The molecule has 0 saturated carbocycles. The third-order valence-electron chi connectivity index (χ3n) is 3.08. The predicted molar refractivity (Wildman–Crippen MR) is 88.5 cm³/mol. The molecule has 4 heteroatoms. The van der Waals surface area contributed by atoms with Gasteiger partial charge in [-0.1, -0.05) is 51.8 Å².